The number of benzene rings is 1. The van der Waals surface area contributed by atoms with Crippen LogP contribution in [0.5, 0.6) is 17.2 Å². The van der Waals surface area contributed by atoms with Gasteiger partial charge in [0.1, 0.15) is 5.75 Å². The number of ether oxygens (including phenoxy) is 3. The highest BCUT2D eigenvalue weighted by Crippen LogP contribution is 2.37. The number of anilines is 1. The molecule has 0 aromatic heterocycles. The van der Waals surface area contributed by atoms with E-state index in [-0.39, 0.29) is 0 Å². The van der Waals surface area contributed by atoms with Crippen molar-refractivity contribution in [1.82, 2.24) is 0 Å². The highest BCUT2D eigenvalue weighted by Gasteiger charge is 2.10. The monoisotopic (exact) mass is 231 g/mol. The van der Waals surface area contributed by atoms with Crippen molar-refractivity contribution < 1.29 is 14.2 Å². The lowest BCUT2D eigenvalue weighted by Crippen LogP contribution is -2.00. The lowest BCUT2D eigenvalue weighted by Gasteiger charge is -2.14. The summed E-state index contributed by atoms with van der Waals surface area (Å²) in [4.78, 5) is 0. The number of hydrogen-bond acceptors (Lipinski definition) is 4. The molecular weight excluding hydrogens is 218 g/mol. The van der Waals surface area contributed by atoms with Crippen LogP contribution in [0.15, 0.2) is 12.1 Å². The Balaban J connectivity index is 3.15. The van der Waals surface area contributed by atoms with Crippen molar-refractivity contribution >= 4 is 17.3 Å². The first-order valence-corrected chi connectivity index (χ1v) is 4.90. The molecule has 1 aromatic carbocycles. The molecule has 5 heteroatoms. The van der Waals surface area contributed by atoms with Gasteiger partial charge in [-0.3, -0.25) is 0 Å². The molecule has 4 nitrogen and oxygen atoms in total. The molecule has 0 aliphatic carbocycles. The molecule has 1 aromatic rings. The van der Waals surface area contributed by atoms with Crippen LogP contribution in [0.4, 0.5) is 5.69 Å². The first-order valence-electron chi connectivity index (χ1n) is 4.36. The van der Waals surface area contributed by atoms with E-state index in [1.165, 1.54) is 0 Å². The molecule has 0 saturated heterocycles. The Labute approximate surface area is 94.1 Å². The van der Waals surface area contributed by atoms with Crippen LogP contribution in [-0.2, 0) is 0 Å². The molecular formula is C10H14ClNO3. The van der Waals surface area contributed by atoms with E-state index in [0.29, 0.717) is 23.3 Å². The lowest BCUT2D eigenvalue weighted by atomic mass is 10.2. The van der Waals surface area contributed by atoms with Gasteiger partial charge in [0, 0.05) is 12.1 Å². The molecule has 0 heterocycles. The Hall–Kier alpha value is -1.29. The smallest absolute Gasteiger partial charge is 0.164 e. The largest absolute Gasteiger partial charge is 0.494 e. The summed E-state index contributed by atoms with van der Waals surface area (Å²) in [7, 11) is 4.74. The number of methoxy groups -OCH3 is 3. The predicted octanol–water partition coefficient (Wildman–Crippen LogP) is 2.32. The average molecular weight is 232 g/mol. The molecule has 0 aliphatic rings. The van der Waals surface area contributed by atoms with Gasteiger partial charge in [-0.1, -0.05) is 0 Å². The van der Waals surface area contributed by atoms with E-state index in [2.05, 4.69) is 5.32 Å². The molecule has 1 N–H and O–H groups in total. The third-order valence-corrected chi connectivity index (χ3v) is 2.10. The molecule has 84 valence electrons. The van der Waals surface area contributed by atoms with Gasteiger partial charge in [-0.05, 0) is 0 Å². The maximum atomic E-state index is 5.60. The first-order chi connectivity index (χ1) is 7.26. The van der Waals surface area contributed by atoms with Crippen molar-refractivity contribution in [2.75, 3.05) is 32.7 Å². The van der Waals surface area contributed by atoms with Crippen molar-refractivity contribution in [3.63, 3.8) is 0 Å². The zero-order valence-corrected chi connectivity index (χ0v) is 9.72. The summed E-state index contributed by atoms with van der Waals surface area (Å²) in [6.07, 6.45) is 0. The van der Waals surface area contributed by atoms with Gasteiger partial charge < -0.3 is 19.5 Å². The molecule has 0 radical (unpaired) electrons. The van der Waals surface area contributed by atoms with Crippen molar-refractivity contribution in [2.24, 2.45) is 0 Å². The van der Waals surface area contributed by atoms with Gasteiger partial charge in [-0.15, -0.1) is 11.6 Å². The summed E-state index contributed by atoms with van der Waals surface area (Å²) >= 11 is 5.60. The SMILES string of the molecule is COc1cc(OC)c(OC)cc1NCCl. The second-order valence-corrected chi connectivity index (χ2v) is 2.99. The molecule has 0 bridgehead atoms. The Morgan fingerprint density at radius 1 is 1.00 bits per heavy atom. The van der Waals surface area contributed by atoms with Gasteiger partial charge in [-0.25, -0.2) is 0 Å². The van der Waals surface area contributed by atoms with Crippen LogP contribution < -0.4 is 19.5 Å². The van der Waals surface area contributed by atoms with Crippen LogP contribution in [-0.4, -0.2) is 27.3 Å². The fourth-order valence-corrected chi connectivity index (χ4v) is 1.38. The third kappa shape index (κ3) is 2.59. The lowest BCUT2D eigenvalue weighted by molar-refractivity contribution is 0.349. The number of nitrogens with one attached hydrogen (secondary N) is 1. The highest BCUT2D eigenvalue weighted by molar-refractivity contribution is 6.18. The number of hydrogen-bond donors (Lipinski definition) is 1. The molecule has 15 heavy (non-hydrogen) atoms. The zero-order valence-electron chi connectivity index (χ0n) is 8.96. The van der Waals surface area contributed by atoms with E-state index < -0.39 is 0 Å². The Morgan fingerprint density at radius 3 is 2.00 bits per heavy atom. The summed E-state index contributed by atoms with van der Waals surface area (Å²) < 4.78 is 15.5. The van der Waals surface area contributed by atoms with Gasteiger partial charge in [0.15, 0.2) is 11.5 Å². The fraction of sp³-hybridized carbons (Fsp3) is 0.400. The van der Waals surface area contributed by atoms with Crippen LogP contribution >= 0.6 is 11.6 Å². The third-order valence-electron chi connectivity index (χ3n) is 1.96. The minimum atomic E-state index is 0.297. The van der Waals surface area contributed by atoms with Gasteiger partial charge in [0.05, 0.1) is 33.0 Å². The molecule has 0 fully saturated rings. The second kappa shape index (κ2) is 5.56. The van der Waals surface area contributed by atoms with E-state index in [9.17, 15) is 0 Å². The van der Waals surface area contributed by atoms with Crippen molar-refractivity contribution in [3.8, 4) is 17.2 Å². The minimum absolute atomic E-state index is 0.297. The molecule has 0 unspecified atom stereocenters. The summed E-state index contributed by atoms with van der Waals surface area (Å²) in [5.74, 6) is 1.91. The van der Waals surface area contributed by atoms with Crippen LogP contribution in [0.3, 0.4) is 0 Å². The number of rotatable bonds is 5. The summed E-state index contributed by atoms with van der Waals surface area (Å²) in [5, 5.41) is 2.96. The van der Waals surface area contributed by atoms with Crippen LogP contribution in [0.2, 0.25) is 0 Å². The summed E-state index contributed by atoms with van der Waals surface area (Å²) in [6, 6.07) is 3.82. The fourth-order valence-electron chi connectivity index (χ4n) is 1.24. The average Bonchev–Trinajstić information content (AvgIpc) is 2.28. The molecule has 1 rings (SSSR count). The number of alkyl halides is 1. The Bertz CT molecular complexity index is 331. The Kier molecular flexibility index (Phi) is 4.37. The standard InChI is InChI=1S/C10H14ClNO3/c1-13-8-5-10(15-3)9(14-2)4-7(8)12-6-11/h4-5,12H,6H2,1-3H3. The van der Waals surface area contributed by atoms with Crippen LogP contribution in [0.1, 0.15) is 0 Å². The van der Waals surface area contributed by atoms with Crippen LogP contribution in [0, 0.1) is 0 Å². The van der Waals surface area contributed by atoms with Gasteiger partial charge in [-0.2, -0.15) is 0 Å². The first kappa shape index (κ1) is 11.8. The van der Waals surface area contributed by atoms with E-state index >= 15 is 0 Å². The topological polar surface area (TPSA) is 39.7 Å². The molecule has 0 saturated carbocycles. The van der Waals surface area contributed by atoms with Crippen molar-refractivity contribution in [2.45, 2.75) is 0 Å². The molecule has 0 aliphatic heterocycles. The summed E-state index contributed by atoms with van der Waals surface area (Å²) in [6.45, 7) is 0. The van der Waals surface area contributed by atoms with Crippen molar-refractivity contribution in [3.05, 3.63) is 12.1 Å². The van der Waals surface area contributed by atoms with E-state index in [4.69, 9.17) is 25.8 Å². The van der Waals surface area contributed by atoms with Crippen LogP contribution in [0.25, 0.3) is 0 Å². The maximum absolute atomic E-state index is 5.60. The van der Waals surface area contributed by atoms with Gasteiger partial charge in [0.2, 0.25) is 0 Å². The maximum Gasteiger partial charge on any atom is 0.164 e. The zero-order chi connectivity index (χ0) is 11.3. The van der Waals surface area contributed by atoms with Gasteiger partial charge in [0.25, 0.3) is 0 Å². The second-order valence-electron chi connectivity index (χ2n) is 2.72. The van der Waals surface area contributed by atoms with E-state index in [0.717, 1.165) is 5.69 Å². The molecule has 0 atom stereocenters. The van der Waals surface area contributed by atoms with Gasteiger partial charge >= 0.3 is 0 Å². The van der Waals surface area contributed by atoms with E-state index in [1.54, 1.807) is 33.5 Å². The van der Waals surface area contributed by atoms with Crippen molar-refractivity contribution in [1.29, 1.82) is 0 Å². The molecule has 0 amide bonds. The van der Waals surface area contributed by atoms with E-state index in [1.807, 2.05) is 0 Å². The predicted molar refractivity (Wildman–Crippen MR) is 60.4 cm³/mol. The quantitative estimate of drug-likeness (QED) is 0.624. The Morgan fingerprint density at radius 2 is 1.53 bits per heavy atom. The highest BCUT2D eigenvalue weighted by atomic mass is 35.5. The minimum Gasteiger partial charge on any atom is -0.494 e. The normalized spacial score (nSPS) is 9.60. The summed E-state index contributed by atoms with van der Waals surface area (Å²) in [5.41, 5.74) is 0.769. The number of halogens is 1. The molecule has 0 spiro atoms.